The predicted molar refractivity (Wildman–Crippen MR) is 94.8 cm³/mol. The van der Waals surface area contributed by atoms with E-state index in [1.165, 1.54) is 15.6 Å². The van der Waals surface area contributed by atoms with Gasteiger partial charge in [0.2, 0.25) is 0 Å². The van der Waals surface area contributed by atoms with Gasteiger partial charge in [-0.2, -0.15) is 4.31 Å². The summed E-state index contributed by atoms with van der Waals surface area (Å²) in [7, 11) is -3.45. The van der Waals surface area contributed by atoms with E-state index in [-0.39, 0.29) is 5.91 Å². The molecule has 128 valence electrons. The summed E-state index contributed by atoms with van der Waals surface area (Å²) in [6, 6.07) is 10.9. The molecule has 5 nitrogen and oxygen atoms in total. The first-order valence-corrected chi connectivity index (χ1v) is 10.2. The standard InChI is InChI=1S/C17H20N2O3S2/c1-14-5-2-6-15(13-14)17(20)18-8-4-9-19(11-10-18)24(21,22)16-7-3-12-23-16/h2-3,5-7,12-13H,4,8-11H2,1H3. The number of rotatable bonds is 3. The predicted octanol–water partition coefficient (Wildman–Crippen LogP) is 2.59. The fourth-order valence-corrected chi connectivity index (χ4v) is 5.45. The van der Waals surface area contributed by atoms with Crippen molar-refractivity contribution in [1.29, 1.82) is 0 Å². The third kappa shape index (κ3) is 3.53. The minimum atomic E-state index is -3.45. The fraction of sp³-hybridized carbons (Fsp3) is 0.353. The summed E-state index contributed by atoms with van der Waals surface area (Å²) in [5.74, 6) is -0.0333. The van der Waals surface area contributed by atoms with Crippen LogP contribution in [0, 0.1) is 6.92 Å². The zero-order valence-electron chi connectivity index (χ0n) is 13.5. The molecule has 3 rings (SSSR count). The lowest BCUT2D eigenvalue weighted by Gasteiger charge is -2.21. The molecule has 0 N–H and O–H groups in total. The van der Waals surface area contributed by atoms with Crippen molar-refractivity contribution in [2.75, 3.05) is 26.2 Å². The Bertz CT molecular complexity index is 816. The zero-order chi connectivity index (χ0) is 17.2. The number of hydrogen-bond donors (Lipinski definition) is 0. The third-order valence-electron chi connectivity index (χ3n) is 4.10. The van der Waals surface area contributed by atoms with Gasteiger partial charge in [0.15, 0.2) is 0 Å². The number of amides is 1. The molecule has 1 aliphatic heterocycles. The second-order valence-corrected chi connectivity index (χ2v) is 8.96. The molecule has 2 aromatic rings. The molecule has 0 saturated carbocycles. The lowest BCUT2D eigenvalue weighted by molar-refractivity contribution is 0.0764. The van der Waals surface area contributed by atoms with E-state index >= 15 is 0 Å². The van der Waals surface area contributed by atoms with Gasteiger partial charge in [0.25, 0.3) is 15.9 Å². The number of thiophene rings is 1. The highest BCUT2D eigenvalue weighted by atomic mass is 32.2. The highest BCUT2D eigenvalue weighted by Crippen LogP contribution is 2.22. The molecule has 1 fully saturated rings. The van der Waals surface area contributed by atoms with Crippen molar-refractivity contribution in [2.45, 2.75) is 17.6 Å². The van der Waals surface area contributed by atoms with Gasteiger partial charge < -0.3 is 4.90 Å². The van der Waals surface area contributed by atoms with Crippen LogP contribution < -0.4 is 0 Å². The SMILES string of the molecule is Cc1cccc(C(=O)N2CCCN(S(=O)(=O)c3cccs3)CC2)c1. The number of sulfonamides is 1. The van der Waals surface area contributed by atoms with Crippen molar-refractivity contribution in [1.82, 2.24) is 9.21 Å². The Balaban J connectivity index is 1.73. The highest BCUT2D eigenvalue weighted by Gasteiger charge is 2.29. The Morgan fingerprint density at radius 3 is 2.62 bits per heavy atom. The van der Waals surface area contributed by atoms with Crippen LogP contribution in [-0.4, -0.2) is 49.7 Å². The number of benzene rings is 1. The Hall–Kier alpha value is -1.70. The van der Waals surface area contributed by atoms with Crippen LogP contribution in [0.25, 0.3) is 0 Å². The fourth-order valence-electron chi connectivity index (χ4n) is 2.84. The van der Waals surface area contributed by atoms with Crippen LogP contribution in [0.5, 0.6) is 0 Å². The monoisotopic (exact) mass is 364 g/mol. The van der Waals surface area contributed by atoms with Crippen molar-refractivity contribution >= 4 is 27.3 Å². The lowest BCUT2D eigenvalue weighted by atomic mass is 10.1. The average Bonchev–Trinajstić information content (AvgIpc) is 2.99. The molecular formula is C17H20N2O3S2. The minimum Gasteiger partial charge on any atom is -0.337 e. The number of aryl methyl sites for hydroxylation is 1. The molecule has 24 heavy (non-hydrogen) atoms. The summed E-state index contributed by atoms with van der Waals surface area (Å²) in [5.41, 5.74) is 1.70. The van der Waals surface area contributed by atoms with Gasteiger partial charge in [0.05, 0.1) is 0 Å². The number of carbonyl (C=O) groups is 1. The Labute approximate surface area is 146 Å². The van der Waals surface area contributed by atoms with E-state index in [0.29, 0.717) is 42.4 Å². The molecule has 0 unspecified atom stereocenters. The summed E-state index contributed by atoms with van der Waals surface area (Å²) in [5, 5.41) is 1.76. The average molecular weight is 364 g/mol. The maximum Gasteiger partial charge on any atom is 0.253 e. The number of carbonyl (C=O) groups excluding carboxylic acids is 1. The maximum atomic E-state index is 12.6. The molecule has 0 radical (unpaired) electrons. The molecule has 0 aliphatic carbocycles. The van der Waals surface area contributed by atoms with Gasteiger partial charge >= 0.3 is 0 Å². The molecule has 1 amide bonds. The summed E-state index contributed by atoms with van der Waals surface area (Å²) < 4.78 is 27.1. The molecule has 1 saturated heterocycles. The first kappa shape index (κ1) is 17.1. The third-order valence-corrected chi connectivity index (χ3v) is 7.37. The molecule has 7 heteroatoms. The van der Waals surface area contributed by atoms with Crippen LogP contribution >= 0.6 is 11.3 Å². The molecule has 2 heterocycles. The van der Waals surface area contributed by atoms with Gasteiger partial charge in [-0.1, -0.05) is 23.8 Å². The first-order chi connectivity index (χ1) is 11.5. The smallest absolute Gasteiger partial charge is 0.253 e. The topological polar surface area (TPSA) is 57.7 Å². The largest absolute Gasteiger partial charge is 0.337 e. The highest BCUT2D eigenvalue weighted by molar-refractivity contribution is 7.91. The summed E-state index contributed by atoms with van der Waals surface area (Å²) in [6.07, 6.45) is 0.641. The van der Waals surface area contributed by atoms with Crippen LogP contribution in [0.2, 0.25) is 0 Å². The lowest BCUT2D eigenvalue weighted by Crippen LogP contribution is -2.37. The van der Waals surface area contributed by atoms with Gasteiger partial charge in [0.1, 0.15) is 4.21 Å². The zero-order valence-corrected chi connectivity index (χ0v) is 15.1. The van der Waals surface area contributed by atoms with Gasteiger partial charge in [-0.3, -0.25) is 4.79 Å². The second-order valence-electron chi connectivity index (χ2n) is 5.85. The molecule has 0 bridgehead atoms. The van der Waals surface area contributed by atoms with E-state index in [4.69, 9.17) is 0 Å². The van der Waals surface area contributed by atoms with Crippen molar-refractivity contribution < 1.29 is 13.2 Å². The Kier molecular flexibility index (Phi) is 5.03. The van der Waals surface area contributed by atoms with E-state index < -0.39 is 10.0 Å². The van der Waals surface area contributed by atoms with Crippen molar-refractivity contribution in [2.24, 2.45) is 0 Å². The molecule has 0 atom stereocenters. The second kappa shape index (κ2) is 7.04. The van der Waals surface area contributed by atoms with Crippen LogP contribution in [0.4, 0.5) is 0 Å². The first-order valence-electron chi connectivity index (χ1n) is 7.88. The number of nitrogens with zero attached hydrogens (tertiary/aromatic N) is 2. The Morgan fingerprint density at radius 1 is 1.08 bits per heavy atom. The Morgan fingerprint density at radius 2 is 1.92 bits per heavy atom. The van der Waals surface area contributed by atoms with E-state index in [1.807, 2.05) is 25.1 Å². The normalized spacial score (nSPS) is 16.8. The summed E-state index contributed by atoms with van der Waals surface area (Å²) in [6.45, 7) is 3.71. The minimum absolute atomic E-state index is 0.0333. The molecule has 0 spiro atoms. The van der Waals surface area contributed by atoms with Crippen LogP contribution in [-0.2, 0) is 10.0 Å². The molecule has 1 aromatic carbocycles. The summed E-state index contributed by atoms with van der Waals surface area (Å²) >= 11 is 1.23. The molecule has 1 aromatic heterocycles. The van der Waals surface area contributed by atoms with Crippen LogP contribution in [0.3, 0.4) is 0 Å². The van der Waals surface area contributed by atoms with Crippen molar-refractivity contribution in [3.63, 3.8) is 0 Å². The van der Waals surface area contributed by atoms with Crippen molar-refractivity contribution in [3.8, 4) is 0 Å². The quantitative estimate of drug-likeness (QED) is 0.841. The summed E-state index contributed by atoms with van der Waals surface area (Å²) in [4.78, 5) is 14.4. The molecular weight excluding hydrogens is 344 g/mol. The van der Waals surface area contributed by atoms with Crippen LogP contribution in [0.15, 0.2) is 46.0 Å². The molecule has 1 aliphatic rings. The van der Waals surface area contributed by atoms with E-state index in [2.05, 4.69) is 0 Å². The van der Waals surface area contributed by atoms with Gasteiger partial charge in [-0.15, -0.1) is 11.3 Å². The van der Waals surface area contributed by atoms with Gasteiger partial charge in [0, 0.05) is 31.7 Å². The van der Waals surface area contributed by atoms with Gasteiger partial charge in [-0.25, -0.2) is 8.42 Å². The van der Waals surface area contributed by atoms with Crippen molar-refractivity contribution in [3.05, 3.63) is 52.9 Å². The van der Waals surface area contributed by atoms with E-state index in [0.717, 1.165) is 5.56 Å². The number of hydrogen-bond acceptors (Lipinski definition) is 4. The maximum absolute atomic E-state index is 12.6. The van der Waals surface area contributed by atoms with Gasteiger partial charge in [-0.05, 0) is 36.9 Å². The van der Waals surface area contributed by atoms with E-state index in [9.17, 15) is 13.2 Å². The van der Waals surface area contributed by atoms with Crippen LogP contribution in [0.1, 0.15) is 22.3 Å². The van der Waals surface area contributed by atoms with E-state index in [1.54, 1.807) is 28.5 Å².